The van der Waals surface area contributed by atoms with Crippen LogP contribution in [-0.4, -0.2) is 30.3 Å². The van der Waals surface area contributed by atoms with Crippen LogP contribution in [-0.2, 0) is 14.4 Å². The molecule has 0 aromatic heterocycles. The molecule has 5 heteroatoms. The molecule has 5 nitrogen and oxygen atoms in total. The molecule has 0 aliphatic heterocycles. The van der Waals surface area contributed by atoms with Crippen molar-refractivity contribution >= 4 is 18.2 Å². The number of rotatable bonds is 4. The Morgan fingerprint density at radius 3 is 2.44 bits per heavy atom. The number of carbonyl (C=O) groups excluding carboxylic acids is 3. The van der Waals surface area contributed by atoms with Crippen molar-refractivity contribution in [1.82, 2.24) is 5.06 Å². The molecule has 18 heavy (non-hydrogen) atoms. The molecule has 1 amide bonds. The van der Waals surface area contributed by atoms with Gasteiger partial charge in [-0.1, -0.05) is 17.7 Å². The Morgan fingerprint density at radius 1 is 1.28 bits per heavy atom. The summed E-state index contributed by atoms with van der Waals surface area (Å²) in [5, 5.41) is 0.853. The van der Waals surface area contributed by atoms with Gasteiger partial charge in [-0.15, -0.1) is 0 Å². The molecule has 0 aliphatic carbocycles. The van der Waals surface area contributed by atoms with Crippen LogP contribution in [0.3, 0.4) is 0 Å². The summed E-state index contributed by atoms with van der Waals surface area (Å²) < 4.78 is 0. The van der Waals surface area contributed by atoms with Crippen LogP contribution in [0.2, 0.25) is 0 Å². The number of aryl methyl sites for hydroxylation is 1. The van der Waals surface area contributed by atoms with E-state index in [1.807, 2.05) is 6.92 Å². The zero-order chi connectivity index (χ0) is 13.5. The molecule has 0 saturated heterocycles. The normalized spacial score (nSPS) is 9.67. The monoisotopic (exact) mass is 249 g/mol. The van der Waals surface area contributed by atoms with Crippen LogP contribution in [0.4, 0.5) is 0 Å². The van der Waals surface area contributed by atoms with E-state index in [4.69, 9.17) is 4.84 Å². The van der Waals surface area contributed by atoms with Crippen LogP contribution < -0.4 is 0 Å². The predicted octanol–water partition coefficient (Wildman–Crippen LogP) is 1.50. The lowest BCUT2D eigenvalue weighted by Crippen LogP contribution is -2.29. The second-order valence-electron chi connectivity index (χ2n) is 3.84. The van der Waals surface area contributed by atoms with Crippen molar-refractivity contribution in [2.45, 2.75) is 19.8 Å². The van der Waals surface area contributed by atoms with E-state index >= 15 is 0 Å². The van der Waals surface area contributed by atoms with E-state index in [1.165, 1.54) is 7.05 Å². The Labute approximate surface area is 105 Å². The van der Waals surface area contributed by atoms with E-state index in [-0.39, 0.29) is 12.8 Å². The number of nitrogens with zero attached hydrogens (tertiary/aromatic N) is 1. The number of hydroxylamine groups is 2. The van der Waals surface area contributed by atoms with Crippen molar-refractivity contribution in [2.75, 3.05) is 7.05 Å². The largest absolute Gasteiger partial charge is 0.363 e. The highest BCUT2D eigenvalue weighted by atomic mass is 16.7. The van der Waals surface area contributed by atoms with E-state index in [2.05, 4.69) is 0 Å². The van der Waals surface area contributed by atoms with Crippen molar-refractivity contribution in [3.8, 4) is 0 Å². The standard InChI is InChI=1S/C13H15NO4/c1-10-5-7-11(8-6-10)13(17)18-14(2)12(16)4-3-9-15/h5-9H,3-4H2,1-2H3. The Kier molecular flexibility index (Phi) is 5.05. The van der Waals surface area contributed by atoms with E-state index in [1.54, 1.807) is 24.3 Å². The maximum atomic E-state index is 11.7. The minimum Gasteiger partial charge on any atom is -0.333 e. The highest BCUT2D eigenvalue weighted by Crippen LogP contribution is 2.06. The molecule has 0 atom stereocenters. The van der Waals surface area contributed by atoms with Crippen molar-refractivity contribution in [3.05, 3.63) is 35.4 Å². The first-order chi connectivity index (χ1) is 8.54. The summed E-state index contributed by atoms with van der Waals surface area (Å²) in [6.45, 7) is 1.91. The molecule has 0 saturated carbocycles. The third kappa shape index (κ3) is 4.01. The number of amides is 1. The van der Waals surface area contributed by atoms with E-state index in [0.717, 1.165) is 10.6 Å². The molecule has 0 radical (unpaired) electrons. The lowest BCUT2D eigenvalue weighted by atomic mass is 10.2. The Hall–Kier alpha value is -2.17. The maximum absolute atomic E-state index is 11.7. The number of hydrogen-bond acceptors (Lipinski definition) is 4. The molecular weight excluding hydrogens is 234 g/mol. The summed E-state index contributed by atoms with van der Waals surface area (Å²) in [6.07, 6.45) is 0.792. The fraction of sp³-hybridized carbons (Fsp3) is 0.308. The van der Waals surface area contributed by atoms with Crippen LogP contribution >= 0.6 is 0 Å². The van der Waals surface area contributed by atoms with E-state index in [0.29, 0.717) is 11.8 Å². The van der Waals surface area contributed by atoms with Gasteiger partial charge in [-0.25, -0.2) is 4.79 Å². The fourth-order valence-electron chi connectivity index (χ4n) is 1.26. The van der Waals surface area contributed by atoms with Gasteiger partial charge in [0, 0.05) is 19.9 Å². The molecule has 1 aromatic carbocycles. The molecular formula is C13H15NO4. The molecule has 1 rings (SSSR count). The lowest BCUT2D eigenvalue weighted by molar-refractivity contribution is -0.161. The third-order valence-electron chi connectivity index (χ3n) is 2.33. The van der Waals surface area contributed by atoms with Gasteiger partial charge >= 0.3 is 5.97 Å². The second-order valence-corrected chi connectivity index (χ2v) is 3.84. The van der Waals surface area contributed by atoms with Crippen LogP contribution in [0, 0.1) is 6.92 Å². The zero-order valence-corrected chi connectivity index (χ0v) is 10.4. The smallest absolute Gasteiger partial charge is 0.333 e. The quantitative estimate of drug-likeness (QED) is 0.599. The second kappa shape index (κ2) is 6.54. The van der Waals surface area contributed by atoms with Gasteiger partial charge in [0.15, 0.2) is 0 Å². The molecule has 0 heterocycles. The minimum atomic E-state index is -0.600. The van der Waals surface area contributed by atoms with Gasteiger partial charge in [-0.05, 0) is 19.1 Å². The molecule has 0 unspecified atom stereocenters. The topological polar surface area (TPSA) is 63.7 Å². The van der Waals surface area contributed by atoms with Crippen molar-refractivity contribution < 1.29 is 19.2 Å². The fourth-order valence-corrected chi connectivity index (χ4v) is 1.26. The summed E-state index contributed by atoms with van der Waals surface area (Å²) in [5.74, 6) is -1.01. The van der Waals surface area contributed by atoms with Gasteiger partial charge in [0.05, 0.1) is 5.56 Å². The summed E-state index contributed by atoms with van der Waals surface area (Å²) in [7, 11) is 1.35. The number of hydrogen-bond donors (Lipinski definition) is 0. The first-order valence-corrected chi connectivity index (χ1v) is 5.53. The Morgan fingerprint density at radius 2 is 1.89 bits per heavy atom. The molecule has 96 valence electrons. The third-order valence-corrected chi connectivity index (χ3v) is 2.33. The number of benzene rings is 1. The predicted molar refractivity (Wildman–Crippen MR) is 64.7 cm³/mol. The van der Waals surface area contributed by atoms with E-state index < -0.39 is 11.9 Å². The van der Waals surface area contributed by atoms with Gasteiger partial charge in [-0.3, -0.25) is 4.79 Å². The van der Waals surface area contributed by atoms with E-state index in [9.17, 15) is 14.4 Å². The molecule has 0 spiro atoms. The summed E-state index contributed by atoms with van der Waals surface area (Å²) in [6, 6.07) is 6.82. The van der Waals surface area contributed by atoms with Crippen molar-refractivity contribution in [2.24, 2.45) is 0 Å². The molecule has 1 aromatic rings. The van der Waals surface area contributed by atoms with Crippen LogP contribution in [0.25, 0.3) is 0 Å². The Bertz CT molecular complexity index is 439. The lowest BCUT2D eigenvalue weighted by Gasteiger charge is -2.15. The van der Waals surface area contributed by atoms with Crippen LogP contribution in [0.1, 0.15) is 28.8 Å². The van der Waals surface area contributed by atoms with Gasteiger partial charge < -0.3 is 9.63 Å². The first kappa shape index (κ1) is 13.9. The SMILES string of the molecule is Cc1ccc(C(=O)ON(C)C(=O)CCC=O)cc1. The highest BCUT2D eigenvalue weighted by Gasteiger charge is 2.15. The van der Waals surface area contributed by atoms with Gasteiger partial charge in [0.2, 0.25) is 0 Å². The summed E-state index contributed by atoms with van der Waals surface area (Å²) >= 11 is 0. The van der Waals surface area contributed by atoms with Crippen LogP contribution in [0.15, 0.2) is 24.3 Å². The van der Waals surface area contributed by atoms with Crippen LogP contribution in [0.5, 0.6) is 0 Å². The average Bonchev–Trinajstić information content (AvgIpc) is 2.36. The highest BCUT2D eigenvalue weighted by molar-refractivity contribution is 5.90. The Balaban J connectivity index is 2.56. The first-order valence-electron chi connectivity index (χ1n) is 5.53. The minimum absolute atomic E-state index is 0.0289. The van der Waals surface area contributed by atoms with Gasteiger partial charge in [-0.2, -0.15) is 5.06 Å². The maximum Gasteiger partial charge on any atom is 0.363 e. The van der Waals surface area contributed by atoms with Gasteiger partial charge in [0.25, 0.3) is 5.91 Å². The van der Waals surface area contributed by atoms with Crippen molar-refractivity contribution in [1.29, 1.82) is 0 Å². The number of carbonyl (C=O) groups is 3. The molecule has 0 N–H and O–H groups in total. The average molecular weight is 249 g/mol. The molecule has 0 fully saturated rings. The summed E-state index contributed by atoms with van der Waals surface area (Å²) in [5.41, 5.74) is 1.40. The van der Waals surface area contributed by atoms with Crippen molar-refractivity contribution in [3.63, 3.8) is 0 Å². The molecule has 0 aliphatic rings. The molecule has 0 bridgehead atoms. The summed E-state index contributed by atoms with van der Waals surface area (Å²) in [4.78, 5) is 38.1. The van der Waals surface area contributed by atoms with Gasteiger partial charge in [0.1, 0.15) is 6.29 Å². The zero-order valence-electron chi connectivity index (χ0n) is 10.4. The number of aldehydes is 1.